The van der Waals surface area contributed by atoms with Crippen LogP contribution in [0.1, 0.15) is 12.5 Å². The molecule has 0 amide bonds. The van der Waals surface area contributed by atoms with Crippen molar-refractivity contribution in [2.24, 2.45) is 4.99 Å². The topological polar surface area (TPSA) is 66.3 Å². The zero-order valence-electron chi connectivity index (χ0n) is 16.3. The van der Waals surface area contributed by atoms with Gasteiger partial charge in [-0.3, -0.25) is 0 Å². The van der Waals surface area contributed by atoms with Crippen LogP contribution in [0.5, 0.6) is 17.2 Å². The van der Waals surface area contributed by atoms with Crippen molar-refractivity contribution in [2.45, 2.75) is 13.5 Å². The highest BCUT2D eigenvalue weighted by Crippen LogP contribution is 2.23. The summed E-state index contributed by atoms with van der Waals surface area (Å²) in [5, 5.41) is 13.2. The first-order valence-corrected chi connectivity index (χ1v) is 8.77. The van der Waals surface area contributed by atoms with E-state index in [9.17, 15) is 9.50 Å². The maximum Gasteiger partial charge on any atom is 0.194 e. The van der Waals surface area contributed by atoms with E-state index >= 15 is 0 Å². The third-order valence-electron chi connectivity index (χ3n) is 3.90. The van der Waals surface area contributed by atoms with Gasteiger partial charge in [0.15, 0.2) is 17.5 Å². The van der Waals surface area contributed by atoms with Gasteiger partial charge >= 0.3 is 0 Å². The van der Waals surface area contributed by atoms with E-state index in [0.29, 0.717) is 43.5 Å². The Morgan fingerprint density at radius 1 is 1.25 bits per heavy atom. The van der Waals surface area contributed by atoms with Gasteiger partial charge in [-0.25, -0.2) is 9.38 Å². The van der Waals surface area contributed by atoms with Gasteiger partial charge in [0.2, 0.25) is 0 Å². The van der Waals surface area contributed by atoms with Crippen molar-refractivity contribution in [1.29, 1.82) is 0 Å². The SMILES string of the molecule is CCNC(=NCc1cc(OC)ccc1O)N(C)CCOc1ccccc1F.I. The predicted octanol–water partition coefficient (Wildman–Crippen LogP) is 3.63. The summed E-state index contributed by atoms with van der Waals surface area (Å²) in [4.78, 5) is 6.44. The van der Waals surface area contributed by atoms with E-state index in [1.165, 1.54) is 6.07 Å². The standard InChI is InChI=1S/C20H26FN3O3.HI/c1-4-22-20(23-14-15-13-16(26-3)9-10-18(15)25)24(2)11-12-27-19-8-6-5-7-17(19)21;/h5-10,13,25H,4,11-12,14H2,1-3H3,(H,22,23);1H. The lowest BCUT2D eigenvalue weighted by atomic mass is 10.2. The molecule has 6 nitrogen and oxygen atoms in total. The first-order valence-electron chi connectivity index (χ1n) is 8.77. The number of hydrogen-bond donors (Lipinski definition) is 2. The molecule has 2 N–H and O–H groups in total. The summed E-state index contributed by atoms with van der Waals surface area (Å²) in [5.41, 5.74) is 0.667. The maximum atomic E-state index is 13.6. The van der Waals surface area contributed by atoms with Crippen LogP contribution in [-0.4, -0.2) is 49.8 Å². The fourth-order valence-corrected chi connectivity index (χ4v) is 2.41. The number of para-hydroxylation sites is 1. The van der Waals surface area contributed by atoms with Crippen molar-refractivity contribution in [3.63, 3.8) is 0 Å². The first kappa shape index (κ1) is 23.8. The number of nitrogens with zero attached hydrogens (tertiary/aromatic N) is 2. The van der Waals surface area contributed by atoms with Gasteiger partial charge in [-0.1, -0.05) is 12.1 Å². The van der Waals surface area contributed by atoms with Crippen LogP contribution in [0.3, 0.4) is 0 Å². The van der Waals surface area contributed by atoms with Crippen LogP contribution in [0, 0.1) is 5.82 Å². The van der Waals surface area contributed by atoms with Crippen molar-refractivity contribution in [3.05, 3.63) is 53.8 Å². The molecule has 0 aliphatic rings. The quantitative estimate of drug-likeness (QED) is 0.327. The summed E-state index contributed by atoms with van der Waals surface area (Å²) in [6.07, 6.45) is 0. The Labute approximate surface area is 182 Å². The van der Waals surface area contributed by atoms with Crippen molar-refractivity contribution < 1.29 is 19.0 Å². The van der Waals surface area contributed by atoms with Crippen LogP contribution < -0.4 is 14.8 Å². The highest BCUT2D eigenvalue weighted by atomic mass is 127. The smallest absolute Gasteiger partial charge is 0.194 e. The number of phenolic OH excluding ortho intramolecular Hbond substituents is 1. The van der Waals surface area contributed by atoms with Gasteiger partial charge in [0, 0.05) is 19.2 Å². The summed E-state index contributed by atoms with van der Waals surface area (Å²) in [6.45, 7) is 3.80. The van der Waals surface area contributed by atoms with Crippen molar-refractivity contribution in [3.8, 4) is 17.2 Å². The predicted molar refractivity (Wildman–Crippen MR) is 119 cm³/mol. The number of benzene rings is 2. The second-order valence-electron chi connectivity index (χ2n) is 5.87. The molecule has 0 atom stereocenters. The number of guanidine groups is 1. The third-order valence-corrected chi connectivity index (χ3v) is 3.90. The molecular formula is C20H27FIN3O3. The molecule has 0 spiro atoms. The Morgan fingerprint density at radius 2 is 2.00 bits per heavy atom. The van der Waals surface area contributed by atoms with Crippen LogP contribution in [0.4, 0.5) is 4.39 Å². The molecule has 2 rings (SSSR count). The average Bonchev–Trinajstić information content (AvgIpc) is 2.67. The highest BCUT2D eigenvalue weighted by Gasteiger charge is 2.09. The molecule has 0 fully saturated rings. The minimum atomic E-state index is -0.380. The van der Waals surface area contributed by atoms with Crippen LogP contribution in [0.15, 0.2) is 47.5 Å². The van der Waals surface area contributed by atoms with Crippen LogP contribution in [0.2, 0.25) is 0 Å². The zero-order valence-corrected chi connectivity index (χ0v) is 18.6. The number of hydrogen-bond acceptors (Lipinski definition) is 4. The molecule has 0 bridgehead atoms. The van der Waals surface area contributed by atoms with Gasteiger partial charge in [0.1, 0.15) is 18.1 Å². The lowest BCUT2D eigenvalue weighted by Gasteiger charge is -2.22. The molecule has 0 unspecified atom stereocenters. The minimum Gasteiger partial charge on any atom is -0.508 e. The van der Waals surface area contributed by atoms with Crippen molar-refractivity contribution >= 4 is 29.9 Å². The molecule has 0 saturated heterocycles. The zero-order chi connectivity index (χ0) is 19.6. The number of halogens is 2. The van der Waals surface area contributed by atoms with Crippen LogP contribution in [0.25, 0.3) is 0 Å². The van der Waals surface area contributed by atoms with E-state index in [0.717, 1.165) is 0 Å². The average molecular weight is 503 g/mol. The number of ether oxygens (including phenoxy) is 2. The number of phenols is 1. The number of methoxy groups -OCH3 is 1. The molecular weight excluding hydrogens is 476 g/mol. The molecule has 2 aromatic carbocycles. The molecule has 0 aliphatic heterocycles. The molecule has 0 heterocycles. The van der Waals surface area contributed by atoms with Gasteiger partial charge in [0.05, 0.1) is 20.2 Å². The van der Waals surface area contributed by atoms with E-state index in [-0.39, 0.29) is 41.3 Å². The lowest BCUT2D eigenvalue weighted by Crippen LogP contribution is -2.40. The fraction of sp³-hybridized carbons (Fsp3) is 0.350. The maximum absolute atomic E-state index is 13.6. The Hall–Kier alpha value is -2.23. The molecule has 0 aromatic heterocycles. The number of rotatable bonds is 8. The summed E-state index contributed by atoms with van der Waals surface area (Å²) < 4.78 is 24.3. The molecule has 2 aromatic rings. The summed E-state index contributed by atoms with van der Waals surface area (Å²) >= 11 is 0. The number of likely N-dealkylation sites (N-methyl/N-ethyl adjacent to an activating group) is 1. The van der Waals surface area contributed by atoms with Gasteiger partial charge < -0.3 is 24.8 Å². The van der Waals surface area contributed by atoms with Gasteiger partial charge in [-0.05, 0) is 37.3 Å². The van der Waals surface area contributed by atoms with Gasteiger partial charge in [0.25, 0.3) is 0 Å². The summed E-state index contributed by atoms with van der Waals surface area (Å²) in [5.74, 6) is 1.34. The second-order valence-corrected chi connectivity index (χ2v) is 5.87. The number of nitrogens with one attached hydrogen (secondary N) is 1. The molecule has 154 valence electrons. The fourth-order valence-electron chi connectivity index (χ4n) is 2.41. The summed E-state index contributed by atoms with van der Waals surface area (Å²) in [7, 11) is 3.45. The monoisotopic (exact) mass is 503 g/mol. The summed E-state index contributed by atoms with van der Waals surface area (Å²) in [6, 6.07) is 11.4. The van der Waals surface area contributed by atoms with E-state index in [2.05, 4.69) is 10.3 Å². The van der Waals surface area contributed by atoms with Crippen LogP contribution >= 0.6 is 24.0 Å². The van der Waals surface area contributed by atoms with Gasteiger partial charge in [-0.2, -0.15) is 0 Å². The van der Waals surface area contributed by atoms with E-state index in [4.69, 9.17) is 9.47 Å². The molecule has 0 saturated carbocycles. The highest BCUT2D eigenvalue weighted by molar-refractivity contribution is 14.0. The minimum absolute atomic E-state index is 0. The van der Waals surface area contributed by atoms with E-state index in [1.807, 2.05) is 18.9 Å². The number of aliphatic imine (C=N–C) groups is 1. The van der Waals surface area contributed by atoms with Crippen molar-refractivity contribution in [2.75, 3.05) is 33.9 Å². The lowest BCUT2D eigenvalue weighted by molar-refractivity contribution is 0.270. The van der Waals surface area contributed by atoms with Crippen LogP contribution in [-0.2, 0) is 6.54 Å². The Balaban J connectivity index is 0.00000392. The molecule has 0 radical (unpaired) electrons. The Kier molecular flexibility index (Phi) is 10.4. The van der Waals surface area contributed by atoms with Crippen molar-refractivity contribution in [1.82, 2.24) is 10.2 Å². The molecule has 28 heavy (non-hydrogen) atoms. The third kappa shape index (κ3) is 7.06. The van der Waals surface area contributed by atoms with E-state index in [1.54, 1.807) is 43.5 Å². The second kappa shape index (κ2) is 12.3. The normalized spacial score (nSPS) is 10.8. The molecule has 8 heteroatoms. The molecule has 0 aliphatic carbocycles. The number of aromatic hydroxyl groups is 1. The van der Waals surface area contributed by atoms with Gasteiger partial charge in [-0.15, -0.1) is 24.0 Å². The Bertz CT molecular complexity index is 774. The van der Waals surface area contributed by atoms with E-state index < -0.39 is 0 Å². The largest absolute Gasteiger partial charge is 0.508 e. The first-order chi connectivity index (χ1) is 13.0. The Morgan fingerprint density at radius 3 is 2.68 bits per heavy atom.